The Kier molecular flexibility index (Phi) is 8.45. The number of hydrogen-bond acceptors (Lipinski definition) is 5. The van der Waals surface area contributed by atoms with E-state index in [4.69, 9.17) is 4.74 Å². The number of piperidine rings is 1. The fourth-order valence-electron chi connectivity index (χ4n) is 4.66. The van der Waals surface area contributed by atoms with Crippen LogP contribution >= 0.6 is 0 Å². The zero-order chi connectivity index (χ0) is 24.1. The Morgan fingerprint density at radius 2 is 1.52 bits per heavy atom. The molecule has 1 aromatic carbocycles. The first-order chi connectivity index (χ1) is 15.5. The van der Waals surface area contributed by atoms with E-state index in [0.717, 1.165) is 38.5 Å². The largest absolute Gasteiger partial charge is 0.444 e. The van der Waals surface area contributed by atoms with Crippen LogP contribution in [0.1, 0.15) is 90.5 Å². The standard InChI is InChI=1S/C25H40N2O5S/c1-24(2,3)32-23(28)27-18-16-25(29,17-19-27)20-12-14-22(15-13-20)33(30,31)26-21-10-8-6-4-5-7-9-11-21/h12-15,21,26,29H,4-11,16-19H2,1-3H3. The van der Waals surface area contributed by atoms with E-state index in [-0.39, 0.29) is 17.0 Å². The SMILES string of the molecule is CC(C)(C)OC(=O)N1CCC(O)(c2ccc(S(=O)(=O)NC3CCCCCCCC3)cc2)CC1. The smallest absolute Gasteiger partial charge is 0.410 e. The normalized spacial score (nSPS) is 21.0. The van der Waals surface area contributed by atoms with Gasteiger partial charge in [0.2, 0.25) is 10.0 Å². The highest BCUT2D eigenvalue weighted by atomic mass is 32.2. The summed E-state index contributed by atoms with van der Waals surface area (Å²) in [5.41, 5.74) is -0.978. The van der Waals surface area contributed by atoms with Crippen molar-refractivity contribution < 1.29 is 23.1 Å². The summed E-state index contributed by atoms with van der Waals surface area (Å²) in [6.07, 6.45) is 9.04. The molecule has 1 aliphatic carbocycles. The van der Waals surface area contributed by atoms with Crippen LogP contribution in [-0.2, 0) is 20.4 Å². The van der Waals surface area contributed by atoms with E-state index in [9.17, 15) is 18.3 Å². The Labute approximate surface area is 198 Å². The number of nitrogens with one attached hydrogen (secondary N) is 1. The molecule has 1 saturated carbocycles. The van der Waals surface area contributed by atoms with Crippen LogP contribution in [0.3, 0.4) is 0 Å². The zero-order valence-electron chi connectivity index (χ0n) is 20.3. The average molecular weight is 481 g/mol. The van der Waals surface area contributed by atoms with Gasteiger partial charge in [-0.2, -0.15) is 0 Å². The number of ether oxygens (including phenoxy) is 1. The van der Waals surface area contributed by atoms with Gasteiger partial charge in [0.25, 0.3) is 0 Å². The van der Waals surface area contributed by atoms with E-state index in [1.807, 2.05) is 20.8 Å². The van der Waals surface area contributed by atoms with Crippen molar-refractivity contribution in [1.82, 2.24) is 9.62 Å². The monoisotopic (exact) mass is 480 g/mol. The number of rotatable bonds is 4. The fraction of sp³-hybridized carbons (Fsp3) is 0.720. The quantitative estimate of drug-likeness (QED) is 0.652. The van der Waals surface area contributed by atoms with Gasteiger partial charge in [-0.15, -0.1) is 0 Å². The average Bonchev–Trinajstić information content (AvgIpc) is 2.87. The molecule has 0 bridgehead atoms. The zero-order valence-corrected chi connectivity index (χ0v) is 21.1. The van der Waals surface area contributed by atoms with Gasteiger partial charge in [-0.25, -0.2) is 17.9 Å². The van der Waals surface area contributed by atoms with Crippen LogP contribution in [0, 0.1) is 0 Å². The molecule has 186 valence electrons. The molecule has 0 aromatic heterocycles. The molecule has 0 spiro atoms. The molecule has 0 radical (unpaired) electrons. The highest BCUT2D eigenvalue weighted by Crippen LogP contribution is 2.34. The minimum absolute atomic E-state index is 0.0193. The van der Waals surface area contributed by atoms with Gasteiger partial charge in [0.1, 0.15) is 5.60 Å². The second-order valence-electron chi connectivity index (χ2n) is 10.5. The molecule has 3 rings (SSSR count). The summed E-state index contributed by atoms with van der Waals surface area (Å²) in [5, 5.41) is 11.2. The van der Waals surface area contributed by atoms with E-state index in [1.165, 1.54) is 12.8 Å². The van der Waals surface area contributed by atoms with Gasteiger partial charge in [-0.05, 0) is 64.2 Å². The number of aliphatic hydroxyl groups is 1. The molecule has 7 nitrogen and oxygen atoms in total. The molecule has 0 atom stereocenters. The maximum Gasteiger partial charge on any atom is 0.410 e. The van der Waals surface area contributed by atoms with Crippen molar-refractivity contribution in [3.05, 3.63) is 29.8 Å². The molecule has 1 amide bonds. The van der Waals surface area contributed by atoms with Gasteiger partial charge in [0.05, 0.1) is 10.5 Å². The van der Waals surface area contributed by atoms with Crippen LogP contribution in [0.15, 0.2) is 29.2 Å². The molecule has 1 aliphatic heterocycles. The molecule has 1 heterocycles. The molecule has 2 aliphatic rings. The maximum absolute atomic E-state index is 13.0. The molecule has 8 heteroatoms. The highest BCUT2D eigenvalue weighted by molar-refractivity contribution is 7.89. The van der Waals surface area contributed by atoms with Gasteiger partial charge in [0.15, 0.2) is 0 Å². The molecule has 2 fully saturated rings. The minimum Gasteiger partial charge on any atom is -0.444 e. The van der Waals surface area contributed by atoms with Crippen molar-refractivity contribution in [3.63, 3.8) is 0 Å². The number of carbonyl (C=O) groups excluding carboxylic acids is 1. The van der Waals surface area contributed by atoms with Crippen molar-refractivity contribution >= 4 is 16.1 Å². The number of sulfonamides is 1. The number of benzene rings is 1. The summed E-state index contributed by atoms with van der Waals surface area (Å²) < 4.78 is 34.2. The highest BCUT2D eigenvalue weighted by Gasteiger charge is 2.37. The van der Waals surface area contributed by atoms with Gasteiger partial charge in [-0.3, -0.25) is 0 Å². The Balaban J connectivity index is 1.61. The molecule has 1 saturated heterocycles. The van der Waals surface area contributed by atoms with Gasteiger partial charge >= 0.3 is 6.09 Å². The van der Waals surface area contributed by atoms with Crippen molar-refractivity contribution in [2.75, 3.05) is 13.1 Å². The predicted molar refractivity (Wildman–Crippen MR) is 128 cm³/mol. The maximum atomic E-state index is 13.0. The molecule has 1 aromatic rings. The molecular weight excluding hydrogens is 440 g/mol. The van der Waals surface area contributed by atoms with Crippen LogP contribution in [-0.4, -0.2) is 49.2 Å². The van der Waals surface area contributed by atoms with Crippen LogP contribution in [0.5, 0.6) is 0 Å². The third kappa shape index (κ3) is 7.42. The topological polar surface area (TPSA) is 95.9 Å². The summed E-state index contributed by atoms with van der Waals surface area (Å²) in [6.45, 7) is 6.25. The van der Waals surface area contributed by atoms with Gasteiger partial charge < -0.3 is 14.7 Å². The molecule has 33 heavy (non-hydrogen) atoms. The number of amides is 1. The summed E-state index contributed by atoms with van der Waals surface area (Å²) in [4.78, 5) is 14.1. The van der Waals surface area contributed by atoms with Gasteiger partial charge in [-0.1, -0.05) is 50.7 Å². The van der Waals surface area contributed by atoms with Crippen molar-refractivity contribution in [2.24, 2.45) is 0 Å². The van der Waals surface area contributed by atoms with Crippen molar-refractivity contribution in [3.8, 4) is 0 Å². The second kappa shape index (κ2) is 10.7. The molecular formula is C25H40N2O5S. The summed E-state index contributed by atoms with van der Waals surface area (Å²) in [5.74, 6) is 0. The summed E-state index contributed by atoms with van der Waals surface area (Å²) in [6, 6.07) is 6.52. The first-order valence-electron chi connectivity index (χ1n) is 12.3. The Hall–Kier alpha value is -1.64. The summed E-state index contributed by atoms with van der Waals surface area (Å²) >= 11 is 0. The number of nitrogens with zero attached hydrogens (tertiary/aromatic N) is 1. The Bertz CT molecular complexity index is 874. The van der Waals surface area contributed by atoms with Crippen molar-refractivity contribution in [2.45, 2.75) is 107 Å². The van der Waals surface area contributed by atoms with Crippen LogP contribution in [0.4, 0.5) is 4.79 Å². The van der Waals surface area contributed by atoms with E-state index in [1.54, 1.807) is 29.2 Å². The Morgan fingerprint density at radius 3 is 2.03 bits per heavy atom. The lowest BCUT2D eigenvalue weighted by Gasteiger charge is -2.39. The second-order valence-corrected chi connectivity index (χ2v) is 12.3. The number of hydrogen-bond donors (Lipinski definition) is 2. The summed E-state index contributed by atoms with van der Waals surface area (Å²) in [7, 11) is -3.61. The van der Waals surface area contributed by atoms with Gasteiger partial charge in [0, 0.05) is 19.1 Å². The van der Waals surface area contributed by atoms with Crippen molar-refractivity contribution in [1.29, 1.82) is 0 Å². The van der Waals surface area contributed by atoms with E-state index in [0.29, 0.717) is 31.5 Å². The lowest BCUT2D eigenvalue weighted by Crippen LogP contribution is -2.46. The van der Waals surface area contributed by atoms with E-state index in [2.05, 4.69) is 4.72 Å². The third-order valence-electron chi connectivity index (χ3n) is 6.62. The fourth-order valence-corrected chi connectivity index (χ4v) is 5.96. The number of likely N-dealkylation sites (tertiary alicyclic amines) is 1. The first-order valence-corrected chi connectivity index (χ1v) is 13.8. The lowest BCUT2D eigenvalue weighted by atomic mass is 9.84. The number of carbonyl (C=O) groups is 1. The molecule has 0 unspecified atom stereocenters. The third-order valence-corrected chi connectivity index (χ3v) is 8.16. The van der Waals surface area contributed by atoms with Crippen LogP contribution in [0.2, 0.25) is 0 Å². The lowest BCUT2D eigenvalue weighted by molar-refractivity contribution is -0.0356. The van der Waals surface area contributed by atoms with Crippen LogP contribution < -0.4 is 4.72 Å². The minimum atomic E-state index is -3.61. The van der Waals surface area contributed by atoms with E-state index >= 15 is 0 Å². The molecule has 2 N–H and O–H groups in total. The van der Waals surface area contributed by atoms with Crippen LogP contribution in [0.25, 0.3) is 0 Å². The first kappa shape index (κ1) is 26.0. The Morgan fingerprint density at radius 1 is 1.00 bits per heavy atom. The predicted octanol–water partition coefficient (Wildman–Crippen LogP) is 4.69. The van der Waals surface area contributed by atoms with E-state index < -0.39 is 21.2 Å².